The molecule has 0 amide bonds. The number of guanidine groups is 1. The number of rotatable bonds is 1. The molecule has 1 aromatic carbocycles. The molecule has 4 nitrogen and oxygen atoms in total. The molecule has 0 heterocycles. The molecule has 5 heteroatoms. The molecule has 5 N–H and O–H groups in total. The van der Waals surface area contributed by atoms with Gasteiger partial charge in [-0.05, 0) is 37.1 Å². The molecule has 0 aromatic heterocycles. The molecule has 0 fully saturated rings. The van der Waals surface area contributed by atoms with E-state index in [9.17, 15) is 0 Å². The molecule has 0 unspecified atom stereocenters. The Kier molecular flexibility index (Phi) is 3.49. The number of aryl methyl sites for hydroxylation is 2. The fourth-order valence-electron chi connectivity index (χ4n) is 1.16. The van der Waals surface area contributed by atoms with Crippen molar-refractivity contribution in [3.8, 4) is 0 Å². The summed E-state index contributed by atoms with van der Waals surface area (Å²) in [7, 11) is 0. The highest BCUT2D eigenvalue weighted by Gasteiger charge is 2.01. The van der Waals surface area contributed by atoms with Crippen LogP contribution in [-0.2, 0) is 0 Å². The number of hydrogen-bond donors (Lipinski definition) is 3. The van der Waals surface area contributed by atoms with Crippen molar-refractivity contribution < 1.29 is 0 Å². The van der Waals surface area contributed by atoms with Crippen LogP contribution >= 0.6 is 15.9 Å². The summed E-state index contributed by atoms with van der Waals surface area (Å²) in [6.45, 7) is 4.00. The molecule has 0 aliphatic heterocycles. The molecule has 76 valence electrons. The average molecular weight is 257 g/mol. The quantitative estimate of drug-likeness (QED) is 0.308. The number of nitrogens with one attached hydrogen (secondary N) is 1. The predicted molar refractivity (Wildman–Crippen MR) is 62.2 cm³/mol. The van der Waals surface area contributed by atoms with Gasteiger partial charge in [-0.25, -0.2) is 10.8 Å². The largest absolute Gasteiger partial charge is 0.369 e. The monoisotopic (exact) mass is 256 g/mol. The van der Waals surface area contributed by atoms with Crippen molar-refractivity contribution >= 4 is 27.6 Å². The Morgan fingerprint density at radius 1 is 1.36 bits per heavy atom. The second-order valence-electron chi connectivity index (χ2n) is 3.03. The van der Waals surface area contributed by atoms with Crippen LogP contribution in [0.5, 0.6) is 0 Å². The van der Waals surface area contributed by atoms with Gasteiger partial charge in [0, 0.05) is 4.47 Å². The second kappa shape index (κ2) is 4.43. The van der Waals surface area contributed by atoms with Crippen molar-refractivity contribution in [2.75, 3.05) is 0 Å². The van der Waals surface area contributed by atoms with Gasteiger partial charge in [0.1, 0.15) is 0 Å². The fourth-order valence-corrected chi connectivity index (χ4v) is 1.39. The number of hydrazine groups is 1. The van der Waals surface area contributed by atoms with E-state index in [2.05, 4.69) is 26.3 Å². The number of benzene rings is 1. The second-order valence-corrected chi connectivity index (χ2v) is 3.83. The van der Waals surface area contributed by atoms with Gasteiger partial charge in [-0.3, -0.25) is 5.43 Å². The molecule has 14 heavy (non-hydrogen) atoms. The van der Waals surface area contributed by atoms with Crippen LogP contribution in [0.2, 0.25) is 0 Å². The molecule has 0 radical (unpaired) electrons. The number of hydrogen-bond acceptors (Lipinski definition) is 2. The molecule has 0 aliphatic carbocycles. The van der Waals surface area contributed by atoms with E-state index in [1.54, 1.807) is 0 Å². The first-order valence-electron chi connectivity index (χ1n) is 4.12. The maximum atomic E-state index is 5.45. The maximum Gasteiger partial charge on any atom is 0.208 e. The summed E-state index contributed by atoms with van der Waals surface area (Å²) in [5, 5.41) is 0. The Hall–Kier alpha value is -1.07. The van der Waals surface area contributed by atoms with Gasteiger partial charge in [0.15, 0.2) is 0 Å². The van der Waals surface area contributed by atoms with Gasteiger partial charge in [0.2, 0.25) is 5.96 Å². The van der Waals surface area contributed by atoms with Gasteiger partial charge in [0.25, 0.3) is 0 Å². The lowest BCUT2D eigenvalue weighted by Gasteiger charge is -2.05. The van der Waals surface area contributed by atoms with Gasteiger partial charge in [-0.1, -0.05) is 15.9 Å². The van der Waals surface area contributed by atoms with Crippen LogP contribution in [0.25, 0.3) is 0 Å². The molecule has 0 saturated carbocycles. The SMILES string of the molecule is Cc1cc(N=C(N)NN)cc(C)c1Br. The van der Waals surface area contributed by atoms with E-state index >= 15 is 0 Å². The highest BCUT2D eigenvalue weighted by molar-refractivity contribution is 9.10. The lowest BCUT2D eigenvalue weighted by atomic mass is 10.1. The molecule has 1 rings (SSSR count). The van der Waals surface area contributed by atoms with E-state index in [1.807, 2.05) is 26.0 Å². The predicted octanol–water partition coefficient (Wildman–Crippen LogP) is 1.48. The van der Waals surface area contributed by atoms with Gasteiger partial charge in [-0.2, -0.15) is 0 Å². The first-order valence-corrected chi connectivity index (χ1v) is 4.91. The summed E-state index contributed by atoms with van der Waals surface area (Å²) in [4.78, 5) is 4.08. The van der Waals surface area contributed by atoms with Gasteiger partial charge in [0.05, 0.1) is 5.69 Å². The Morgan fingerprint density at radius 2 is 1.86 bits per heavy atom. The lowest BCUT2D eigenvalue weighted by molar-refractivity contribution is 1.01. The van der Waals surface area contributed by atoms with Crippen molar-refractivity contribution in [3.05, 3.63) is 27.7 Å². The molecule has 0 spiro atoms. The van der Waals surface area contributed by atoms with Crippen LogP contribution in [0, 0.1) is 13.8 Å². The van der Waals surface area contributed by atoms with E-state index < -0.39 is 0 Å². The van der Waals surface area contributed by atoms with Gasteiger partial charge >= 0.3 is 0 Å². The van der Waals surface area contributed by atoms with Crippen LogP contribution in [0.1, 0.15) is 11.1 Å². The molecule has 0 bridgehead atoms. The first-order chi connectivity index (χ1) is 6.54. The minimum absolute atomic E-state index is 0.200. The third-order valence-corrected chi connectivity index (χ3v) is 3.07. The van der Waals surface area contributed by atoms with Crippen molar-refractivity contribution in [1.29, 1.82) is 0 Å². The number of aliphatic imine (C=N–C) groups is 1. The number of nitrogens with two attached hydrogens (primary N) is 2. The summed E-state index contributed by atoms with van der Waals surface area (Å²) in [5.41, 5.74) is 10.8. The summed E-state index contributed by atoms with van der Waals surface area (Å²) in [6, 6.07) is 3.86. The minimum Gasteiger partial charge on any atom is -0.369 e. The van der Waals surface area contributed by atoms with Crippen molar-refractivity contribution in [2.24, 2.45) is 16.6 Å². The molecule has 0 aliphatic rings. The number of nitrogens with zero attached hydrogens (tertiary/aromatic N) is 1. The van der Waals surface area contributed by atoms with E-state index in [1.165, 1.54) is 0 Å². The van der Waals surface area contributed by atoms with Crippen LogP contribution in [-0.4, -0.2) is 5.96 Å². The molecule has 0 saturated heterocycles. The van der Waals surface area contributed by atoms with Crippen molar-refractivity contribution in [2.45, 2.75) is 13.8 Å². The fraction of sp³-hybridized carbons (Fsp3) is 0.222. The third-order valence-electron chi connectivity index (χ3n) is 1.82. The van der Waals surface area contributed by atoms with Crippen molar-refractivity contribution in [1.82, 2.24) is 5.43 Å². The Balaban J connectivity index is 3.13. The average Bonchev–Trinajstić information content (AvgIpc) is 2.14. The smallest absolute Gasteiger partial charge is 0.208 e. The third kappa shape index (κ3) is 2.46. The zero-order chi connectivity index (χ0) is 10.7. The van der Waals surface area contributed by atoms with Crippen LogP contribution in [0.4, 0.5) is 5.69 Å². The Morgan fingerprint density at radius 3 is 2.29 bits per heavy atom. The van der Waals surface area contributed by atoms with Crippen LogP contribution in [0.3, 0.4) is 0 Å². The van der Waals surface area contributed by atoms with E-state index in [4.69, 9.17) is 11.6 Å². The molecular formula is C9H13BrN4. The van der Waals surface area contributed by atoms with Gasteiger partial charge < -0.3 is 5.73 Å². The van der Waals surface area contributed by atoms with E-state index in [-0.39, 0.29) is 5.96 Å². The minimum atomic E-state index is 0.200. The van der Waals surface area contributed by atoms with Crippen LogP contribution < -0.4 is 17.0 Å². The lowest BCUT2D eigenvalue weighted by Crippen LogP contribution is -2.36. The topological polar surface area (TPSA) is 76.4 Å². The summed E-state index contributed by atoms with van der Waals surface area (Å²) in [6.07, 6.45) is 0. The van der Waals surface area contributed by atoms with E-state index in [0.29, 0.717) is 0 Å². The zero-order valence-electron chi connectivity index (χ0n) is 8.13. The Labute approximate surface area is 91.5 Å². The van der Waals surface area contributed by atoms with Crippen LogP contribution in [0.15, 0.2) is 21.6 Å². The van der Waals surface area contributed by atoms with E-state index in [0.717, 1.165) is 21.3 Å². The van der Waals surface area contributed by atoms with Crippen molar-refractivity contribution in [3.63, 3.8) is 0 Å². The molecule has 1 aromatic rings. The highest BCUT2D eigenvalue weighted by Crippen LogP contribution is 2.26. The summed E-state index contributed by atoms with van der Waals surface area (Å²) >= 11 is 3.48. The summed E-state index contributed by atoms with van der Waals surface area (Å²) in [5.74, 6) is 5.31. The molecular weight excluding hydrogens is 244 g/mol. The normalized spacial score (nSPS) is 11.6. The highest BCUT2D eigenvalue weighted by atomic mass is 79.9. The standard InChI is InChI=1S/C9H13BrN4/c1-5-3-7(13-9(11)14-12)4-6(2)8(5)10/h3-4H,12H2,1-2H3,(H3,11,13,14). The number of halogens is 1. The Bertz CT molecular complexity index is 350. The van der Waals surface area contributed by atoms with Gasteiger partial charge in [-0.15, -0.1) is 0 Å². The summed E-state index contributed by atoms with van der Waals surface area (Å²) < 4.78 is 1.09. The maximum absolute atomic E-state index is 5.45. The zero-order valence-corrected chi connectivity index (χ0v) is 9.72. The first kappa shape index (κ1) is 11.0. The molecule has 0 atom stereocenters.